The second-order valence-electron chi connectivity index (χ2n) is 3.79. The molecule has 17 heavy (non-hydrogen) atoms. The zero-order valence-corrected chi connectivity index (χ0v) is 10.2. The normalized spacial score (nSPS) is 10.5. The third-order valence-corrected chi connectivity index (χ3v) is 3.49. The molecule has 1 heterocycles. The molecule has 0 amide bonds. The summed E-state index contributed by atoms with van der Waals surface area (Å²) >= 11 is 1.13. The fourth-order valence-electron chi connectivity index (χ4n) is 1.59. The number of phenolic OH excluding ortho intramolecular Hbond substituents is 1. The van der Waals surface area contributed by atoms with Crippen molar-refractivity contribution in [1.82, 2.24) is 4.98 Å². The maximum absolute atomic E-state index is 10.8. The Labute approximate surface area is 102 Å². The Balaban J connectivity index is 2.49. The summed E-state index contributed by atoms with van der Waals surface area (Å²) in [5, 5.41) is 19.1. The van der Waals surface area contributed by atoms with Crippen LogP contribution in [-0.4, -0.2) is 21.2 Å². The highest BCUT2D eigenvalue weighted by Crippen LogP contribution is 2.31. The van der Waals surface area contributed by atoms with Crippen LogP contribution in [0.2, 0.25) is 0 Å². The lowest BCUT2D eigenvalue weighted by Crippen LogP contribution is -1.89. The number of aromatic hydroxyl groups is 1. The quantitative estimate of drug-likeness (QED) is 0.858. The summed E-state index contributed by atoms with van der Waals surface area (Å²) in [6, 6.07) is 3.60. The van der Waals surface area contributed by atoms with Gasteiger partial charge in [-0.2, -0.15) is 0 Å². The molecule has 4 nitrogen and oxygen atoms in total. The molecule has 88 valence electrons. The number of carboxylic acids is 1. The minimum atomic E-state index is -0.971. The van der Waals surface area contributed by atoms with Gasteiger partial charge < -0.3 is 10.2 Å². The first kappa shape index (κ1) is 11.6. The van der Waals surface area contributed by atoms with E-state index in [0.717, 1.165) is 28.0 Å². The number of carboxylic acid groups (broad SMARTS) is 1. The Morgan fingerprint density at radius 3 is 2.35 bits per heavy atom. The van der Waals surface area contributed by atoms with Crippen LogP contribution in [0.1, 0.15) is 20.8 Å². The van der Waals surface area contributed by atoms with Gasteiger partial charge in [-0.25, -0.2) is 9.78 Å². The van der Waals surface area contributed by atoms with E-state index in [1.54, 1.807) is 26.0 Å². The fourth-order valence-corrected chi connectivity index (χ4v) is 2.33. The number of thiazole rings is 1. The van der Waals surface area contributed by atoms with E-state index in [2.05, 4.69) is 4.98 Å². The minimum absolute atomic E-state index is 0.211. The third kappa shape index (κ3) is 2.14. The van der Waals surface area contributed by atoms with Crippen molar-refractivity contribution < 1.29 is 15.0 Å². The molecule has 0 saturated heterocycles. The number of carbonyl (C=O) groups is 1. The summed E-state index contributed by atoms with van der Waals surface area (Å²) in [6.45, 7) is 3.61. The van der Waals surface area contributed by atoms with Gasteiger partial charge in [0.05, 0.1) is 6.20 Å². The lowest BCUT2D eigenvalue weighted by atomic mass is 10.1. The number of aryl methyl sites for hydroxylation is 2. The average molecular weight is 249 g/mol. The molecule has 0 aliphatic rings. The molecular formula is C12H11NO3S. The molecule has 5 heteroatoms. The summed E-state index contributed by atoms with van der Waals surface area (Å²) in [7, 11) is 0. The predicted molar refractivity (Wildman–Crippen MR) is 65.6 cm³/mol. The lowest BCUT2D eigenvalue weighted by Gasteiger charge is -2.05. The van der Waals surface area contributed by atoms with Gasteiger partial charge in [0.2, 0.25) is 0 Å². The maximum Gasteiger partial charge on any atom is 0.347 e. The molecule has 2 N–H and O–H groups in total. The number of phenols is 1. The van der Waals surface area contributed by atoms with E-state index in [1.165, 1.54) is 6.20 Å². The second-order valence-corrected chi connectivity index (χ2v) is 4.82. The van der Waals surface area contributed by atoms with Crippen molar-refractivity contribution in [3.8, 4) is 16.3 Å². The Bertz CT molecular complexity index is 566. The molecule has 0 atom stereocenters. The molecule has 1 aromatic carbocycles. The molecule has 0 radical (unpaired) electrons. The molecule has 0 unspecified atom stereocenters. The zero-order chi connectivity index (χ0) is 12.6. The first-order valence-corrected chi connectivity index (χ1v) is 5.80. The van der Waals surface area contributed by atoms with Gasteiger partial charge in [0.15, 0.2) is 0 Å². The largest absolute Gasteiger partial charge is 0.507 e. The monoisotopic (exact) mass is 249 g/mol. The highest BCUT2D eigenvalue weighted by atomic mass is 32.1. The van der Waals surface area contributed by atoms with Gasteiger partial charge in [-0.05, 0) is 37.1 Å². The van der Waals surface area contributed by atoms with Crippen molar-refractivity contribution in [2.24, 2.45) is 0 Å². The molecule has 2 rings (SSSR count). The Kier molecular flexibility index (Phi) is 2.85. The molecule has 0 saturated carbocycles. The van der Waals surface area contributed by atoms with Crippen LogP contribution < -0.4 is 0 Å². The Morgan fingerprint density at radius 1 is 1.29 bits per heavy atom. The third-order valence-electron chi connectivity index (χ3n) is 2.45. The lowest BCUT2D eigenvalue weighted by molar-refractivity contribution is 0.0702. The van der Waals surface area contributed by atoms with Gasteiger partial charge >= 0.3 is 5.97 Å². The topological polar surface area (TPSA) is 70.4 Å². The molecule has 0 spiro atoms. The van der Waals surface area contributed by atoms with Gasteiger partial charge in [-0.1, -0.05) is 0 Å². The number of hydrogen-bond acceptors (Lipinski definition) is 4. The highest BCUT2D eigenvalue weighted by Gasteiger charge is 2.12. The van der Waals surface area contributed by atoms with Crippen LogP contribution in [0.4, 0.5) is 0 Å². The molecule has 0 aliphatic carbocycles. The predicted octanol–water partition coefficient (Wildman–Crippen LogP) is 2.83. The number of aromatic carboxylic acids is 1. The van der Waals surface area contributed by atoms with Crippen LogP contribution >= 0.6 is 11.3 Å². The molecular weight excluding hydrogens is 238 g/mol. The van der Waals surface area contributed by atoms with Crippen molar-refractivity contribution in [3.63, 3.8) is 0 Å². The van der Waals surface area contributed by atoms with Crippen LogP contribution in [0.15, 0.2) is 18.3 Å². The first-order chi connectivity index (χ1) is 7.99. The second kappa shape index (κ2) is 4.18. The summed E-state index contributed by atoms with van der Waals surface area (Å²) in [5.74, 6) is -0.704. The van der Waals surface area contributed by atoms with E-state index in [0.29, 0.717) is 5.01 Å². The Hall–Kier alpha value is -1.88. The number of rotatable bonds is 2. The summed E-state index contributed by atoms with van der Waals surface area (Å²) in [4.78, 5) is 15.1. The first-order valence-electron chi connectivity index (χ1n) is 4.98. The van der Waals surface area contributed by atoms with Crippen molar-refractivity contribution >= 4 is 17.3 Å². The van der Waals surface area contributed by atoms with Crippen LogP contribution in [0.5, 0.6) is 5.75 Å². The van der Waals surface area contributed by atoms with Crippen LogP contribution in [-0.2, 0) is 0 Å². The van der Waals surface area contributed by atoms with Crippen LogP contribution in [0.3, 0.4) is 0 Å². The van der Waals surface area contributed by atoms with Crippen LogP contribution in [0, 0.1) is 13.8 Å². The number of hydrogen-bond donors (Lipinski definition) is 2. The van der Waals surface area contributed by atoms with E-state index in [1.807, 2.05) is 0 Å². The zero-order valence-electron chi connectivity index (χ0n) is 9.39. The molecule has 0 bridgehead atoms. The van der Waals surface area contributed by atoms with E-state index in [-0.39, 0.29) is 10.6 Å². The molecule has 2 aromatic rings. The van der Waals surface area contributed by atoms with Gasteiger partial charge in [0.1, 0.15) is 15.6 Å². The van der Waals surface area contributed by atoms with Gasteiger partial charge in [-0.3, -0.25) is 0 Å². The van der Waals surface area contributed by atoms with Crippen molar-refractivity contribution in [2.45, 2.75) is 13.8 Å². The van der Waals surface area contributed by atoms with E-state index in [4.69, 9.17) is 5.11 Å². The summed E-state index contributed by atoms with van der Waals surface area (Å²) in [5.41, 5.74) is 2.34. The van der Waals surface area contributed by atoms with Crippen molar-refractivity contribution in [2.75, 3.05) is 0 Å². The van der Waals surface area contributed by atoms with Crippen LogP contribution in [0.25, 0.3) is 10.6 Å². The highest BCUT2D eigenvalue weighted by molar-refractivity contribution is 7.16. The molecule has 1 aromatic heterocycles. The number of nitrogens with zero attached hydrogens (tertiary/aromatic N) is 1. The van der Waals surface area contributed by atoms with E-state index in [9.17, 15) is 9.90 Å². The summed E-state index contributed by atoms with van der Waals surface area (Å²) in [6.07, 6.45) is 1.35. The Morgan fingerprint density at radius 2 is 1.88 bits per heavy atom. The SMILES string of the molecule is Cc1cc(-c2ncc(C(=O)O)s2)cc(C)c1O. The standard InChI is InChI=1S/C12H11NO3S/c1-6-3-8(4-7(2)10(6)14)11-13-5-9(17-11)12(15)16/h3-5,14H,1-2H3,(H,15,16). The van der Waals surface area contributed by atoms with Crippen molar-refractivity contribution in [1.29, 1.82) is 0 Å². The maximum atomic E-state index is 10.8. The minimum Gasteiger partial charge on any atom is -0.507 e. The number of aromatic nitrogens is 1. The molecule has 0 aliphatic heterocycles. The molecule has 0 fully saturated rings. The van der Waals surface area contributed by atoms with E-state index < -0.39 is 5.97 Å². The van der Waals surface area contributed by atoms with Gasteiger partial charge in [0, 0.05) is 5.56 Å². The number of benzene rings is 1. The van der Waals surface area contributed by atoms with E-state index >= 15 is 0 Å². The van der Waals surface area contributed by atoms with Gasteiger partial charge in [0.25, 0.3) is 0 Å². The average Bonchev–Trinajstić information content (AvgIpc) is 2.74. The smallest absolute Gasteiger partial charge is 0.347 e. The fraction of sp³-hybridized carbons (Fsp3) is 0.167. The summed E-state index contributed by atoms with van der Waals surface area (Å²) < 4.78 is 0. The van der Waals surface area contributed by atoms with Crippen molar-refractivity contribution in [3.05, 3.63) is 34.3 Å². The van der Waals surface area contributed by atoms with Gasteiger partial charge in [-0.15, -0.1) is 11.3 Å².